The second kappa shape index (κ2) is 4.22. The van der Waals surface area contributed by atoms with E-state index in [0.29, 0.717) is 6.42 Å². The standard InChI is InChI=1S/C11H8F2N2O/c12-8-3-1-7(2-4-8)5-10-14-6-9(13)11(16)15-10/h1-4,6H,5H2,(H,14,15,16). The number of hydrogen-bond donors (Lipinski definition) is 1. The van der Waals surface area contributed by atoms with E-state index in [4.69, 9.17) is 5.11 Å². The maximum absolute atomic E-state index is 12.7. The highest BCUT2D eigenvalue weighted by Gasteiger charge is 2.05. The van der Waals surface area contributed by atoms with Gasteiger partial charge in [0.25, 0.3) is 5.88 Å². The monoisotopic (exact) mass is 222 g/mol. The van der Waals surface area contributed by atoms with E-state index in [9.17, 15) is 8.78 Å². The number of aromatic nitrogens is 2. The fraction of sp³-hybridized carbons (Fsp3) is 0.0909. The van der Waals surface area contributed by atoms with Gasteiger partial charge in [0.1, 0.15) is 11.6 Å². The van der Waals surface area contributed by atoms with Crippen LogP contribution in [-0.4, -0.2) is 15.1 Å². The van der Waals surface area contributed by atoms with Gasteiger partial charge in [-0.1, -0.05) is 12.1 Å². The molecule has 0 aliphatic rings. The molecule has 0 unspecified atom stereocenters. The van der Waals surface area contributed by atoms with Gasteiger partial charge in [0.15, 0.2) is 0 Å². The average Bonchev–Trinajstić information content (AvgIpc) is 2.27. The summed E-state index contributed by atoms with van der Waals surface area (Å²) in [6.45, 7) is 0. The third-order valence-electron chi connectivity index (χ3n) is 2.05. The molecule has 1 N–H and O–H groups in total. The SMILES string of the molecule is Oc1nc(Cc2ccc(F)cc2)ncc1F. The molecule has 3 nitrogen and oxygen atoms in total. The van der Waals surface area contributed by atoms with E-state index < -0.39 is 11.7 Å². The number of halogens is 2. The van der Waals surface area contributed by atoms with Crippen molar-refractivity contribution in [3.63, 3.8) is 0 Å². The van der Waals surface area contributed by atoms with Crippen LogP contribution >= 0.6 is 0 Å². The Bertz CT molecular complexity index is 500. The number of hydrogen-bond acceptors (Lipinski definition) is 3. The van der Waals surface area contributed by atoms with Crippen molar-refractivity contribution in [2.75, 3.05) is 0 Å². The Morgan fingerprint density at radius 1 is 1.12 bits per heavy atom. The van der Waals surface area contributed by atoms with E-state index in [1.54, 1.807) is 12.1 Å². The molecule has 1 aromatic carbocycles. The lowest BCUT2D eigenvalue weighted by Crippen LogP contribution is -1.97. The van der Waals surface area contributed by atoms with Gasteiger partial charge in [0.05, 0.1) is 6.20 Å². The first-order valence-corrected chi connectivity index (χ1v) is 4.60. The van der Waals surface area contributed by atoms with E-state index in [1.807, 2.05) is 0 Å². The highest BCUT2D eigenvalue weighted by atomic mass is 19.1. The molecular formula is C11H8F2N2O. The van der Waals surface area contributed by atoms with Crippen LogP contribution in [-0.2, 0) is 6.42 Å². The molecule has 0 saturated carbocycles. The van der Waals surface area contributed by atoms with Crippen LogP contribution in [0.15, 0.2) is 30.5 Å². The lowest BCUT2D eigenvalue weighted by Gasteiger charge is -2.01. The second-order valence-electron chi connectivity index (χ2n) is 3.26. The zero-order valence-electron chi connectivity index (χ0n) is 8.19. The molecule has 16 heavy (non-hydrogen) atoms. The molecule has 0 amide bonds. The quantitative estimate of drug-likeness (QED) is 0.845. The van der Waals surface area contributed by atoms with Crippen LogP contribution in [0.25, 0.3) is 0 Å². The minimum atomic E-state index is -0.858. The molecule has 0 bridgehead atoms. The van der Waals surface area contributed by atoms with E-state index >= 15 is 0 Å². The van der Waals surface area contributed by atoms with Crippen molar-refractivity contribution >= 4 is 0 Å². The molecule has 0 fully saturated rings. The van der Waals surface area contributed by atoms with Crippen molar-refractivity contribution < 1.29 is 13.9 Å². The molecule has 0 radical (unpaired) electrons. The highest BCUT2D eigenvalue weighted by Crippen LogP contribution is 2.12. The molecule has 5 heteroatoms. The number of rotatable bonds is 2. The van der Waals surface area contributed by atoms with Crippen LogP contribution in [0.3, 0.4) is 0 Å². The van der Waals surface area contributed by atoms with Crippen molar-refractivity contribution in [1.29, 1.82) is 0 Å². The van der Waals surface area contributed by atoms with Crippen molar-refractivity contribution in [2.45, 2.75) is 6.42 Å². The Morgan fingerprint density at radius 2 is 1.81 bits per heavy atom. The fourth-order valence-corrected chi connectivity index (χ4v) is 1.26. The number of nitrogens with zero attached hydrogens (tertiary/aromatic N) is 2. The molecule has 1 aromatic heterocycles. The van der Waals surface area contributed by atoms with Crippen LogP contribution < -0.4 is 0 Å². The first-order chi connectivity index (χ1) is 7.65. The summed E-state index contributed by atoms with van der Waals surface area (Å²) in [4.78, 5) is 7.28. The van der Waals surface area contributed by atoms with Crippen LogP contribution in [0.1, 0.15) is 11.4 Å². The Morgan fingerprint density at radius 3 is 2.44 bits per heavy atom. The Hall–Kier alpha value is -2.04. The predicted molar refractivity (Wildman–Crippen MR) is 52.9 cm³/mol. The zero-order valence-corrected chi connectivity index (χ0v) is 8.19. The summed E-state index contributed by atoms with van der Waals surface area (Å²) >= 11 is 0. The minimum absolute atomic E-state index is 0.283. The normalized spacial score (nSPS) is 10.4. The van der Waals surface area contributed by atoms with Gasteiger partial charge in [0.2, 0.25) is 5.82 Å². The largest absolute Gasteiger partial charge is 0.491 e. The second-order valence-corrected chi connectivity index (χ2v) is 3.26. The van der Waals surface area contributed by atoms with E-state index in [-0.39, 0.29) is 11.6 Å². The first-order valence-electron chi connectivity index (χ1n) is 4.60. The smallest absolute Gasteiger partial charge is 0.251 e. The highest BCUT2D eigenvalue weighted by molar-refractivity contribution is 5.21. The van der Waals surface area contributed by atoms with Gasteiger partial charge in [-0.05, 0) is 17.7 Å². The topological polar surface area (TPSA) is 46.0 Å². The van der Waals surface area contributed by atoms with E-state index in [1.165, 1.54) is 12.1 Å². The van der Waals surface area contributed by atoms with E-state index in [2.05, 4.69) is 9.97 Å². The number of aromatic hydroxyl groups is 1. The van der Waals surface area contributed by atoms with Crippen LogP contribution in [0.2, 0.25) is 0 Å². The van der Waals surface area contributed by atoms with Gasteiger partial charge >= 0.3 is 0 Å². The summed E-state index contributed by atoms with van der Waals surface area (Å²) in [5, 5.41) is 9.04. The summed E-state index contributed by atoms with van der Waals surface area (Å²) in [7, 11) is 0. The van der Waals surface area contributed by atoms with Crippen LogP contribution in [0.5, 0.6) is 5.88 Å². The van der Waals surface area contributed by atoms with Gasteiger partial charge in [-0.2, -0.15) is 9.37 Å². The Kier molecular flexibility index (Phi) is 2.76. The summed E-state index contributed by atoms with van der Waals surface area (Å²) < 4.78 is 25.3. The lowest BCUT2D eigenvalue weighted by atomic mass is 10.1. The summed E-state index contributed by atoms with van der Waals surface area (Å²) in [6.07, 6.45) is 1.22. The van der Waals surface area contributed by atoms with E-state index in [0.717, 1.165) is 11.8 Å². The van der Waals surface area contributed by atoms with Gasteiger partial charge in [-0.15, -0.1) is 0 Å². The fourth-order valence-electron chi connectivity index (χ4n) is 1.26. The predicted octanol–water partition coefficient (Wildman–Crippen LogP) is 2.05. The van der Waals surface area contributed by atoms with Gasteiger partial charge in [0, 0.05) is 6.42 Å². The Labute approximate surface area is 90.4 Å². The minimum Gasteiger partial charge on any atom is -0.491 e. The number of benzene rings is 1. The first kappa shape index (κ1) is 10.5. The summed E-state index contributed by atoms with van der Waals surface area (Å²) in [5.41, 5.74) is 0.785. The van der Waals surface area contributed by atoms with Gasteiger partial charge in [-0.3, -0.25) is 0 Å². The van der Waals surface area contributed by atoms with Crippen molar-refractivity contribution in [2.24, 2.45) is 0 Å². The summed E-state index contributed by atoms with van der Waals surface area (Å²) in [5.74, 6) is -1.58. The molecule has 0 aliphatic heterocycles. The maximum atomic E-state index is 12.7. The van der Waals surface area contributed by atoms with Crippen LogP contribution in [0, 0.1) is 11.6 Å². The lowest BCUT2D eigenvalue weighted by molar-refractivity contribution is 0.405. The zero-order chi connectivity index (χ0) is 11.5. The van der Waals surface area contributed by atoms with Gasteiger partial charge in [-0.25, -0.2) is 9.37 Å². The van der Waals surface area contributed by atoms with Crippen LogP contribution in [0.4, 0.5) is 8.78 Å². The van der Waals surface area contributed by atoms with Crippen molar-refractivity contribution in [3.05, 3.63) is 53.5 Å². The molecule has 2 rings (SSSR count). The van der Waals surface area contributed by atoms with Gasteiger partial charge < -0.3 is 5.11 Å². The molecule has 1 heterocycles. The van der Waals surface area contributed by atoms with Crippen molar-refractivity contribution in [3.8, 4) is 5.88 Å². The molecule has 0 atom stereocenters. The van der Waals surface area contributed by atoms with Crippen molar-refractivity contribution in [1.82, 2.24) is 9.97 Å². The maximum Gasteiger partial charge on any atom is 0.251 e. The Balaban J connectivity index is 2.20. The molecule has 0 aliphatic carbocycles. The molecule has 82 valence electrons. The third kappa shape index (κ3) is 2.31. The molecule has 2 aromatic rings. The third-order valence-corrected chi connectivity index (χ3v) is 2.05. The summed E-state index contributed by atoms with van der Waals surface area (Å²) in [6, 6.07) is 5.80. The molecule has 0 spiro atoms. The molecule has 0 saturated heterocycles. The molecular weight excluding hydrogens is 214 g/mol. The average molecular weight is 222 g/mol.